The fraction of sp³-hybridized carbons (Fsp3) is 0.0698. The molecular weight excluding hydrogens is 546 g/mol. The Morgan fingerprint density at radius 2 is 1.09 bits per heavy atom. The predicted molar refractivity (Wildman–Crippen MR) is 189 cm³/mol. The molecular formula is C43H31NO. The van der Waals surface area contributed by atoms with Crippen molar-refractivity contribution in [2.45, 2.75) is 18.9 Å². The zero-order chi connectivity index (χ0) is 30.0. The van der Waals surface area contributed by atoms with Crippen molar-refractivity contribution in [2.75, 3.05) is 4.90 Å². The quantitative estimate of drug-likeness (QED) is 0.193. The van der Waals surface area contributed by atoms with Crippen molar-refractivity contribution in [1.29, 1.82) is 0 Å². The first kappa shape index (κ1) is 25.9. The van der Waals surface area contributed by atoms with Crippen LogP contribution in [0.2, 0.25) is 0 Å². The van der Waals surface area contributed by atoms with Gasteiger partial charge in [0.05, 0.1) is 0 Å². The molecule has 2 nitrogen and oxygen atoms in total. The van der Waals surface area contributed by atoms with Gasteiger partial charge < -0.3 is 9.64 Å². The number of para-hydroxylation sites is 1. The minimum atomic E-state index is -0.367. The lowest BCUT2D eigenvalue weighted by Gasteiger charge is -2.33. The van der Waals surface area contributed by atoms with Crippen molar-refractivity contribution in [1.82, 2.24) is 0 Å². The molecule has 0 saturated heterocycles. The molecule has 0 spiro atoms. The molecule has 45 heavy (non-hydrogen) atoms. The van der Waals surface area contributed by atoms with E-state index in [0.29, 0.717) is 0 Å². The first-order chi connectivity index (χ1) is 22.2. The number of nitrogens with zero attached hydrogens (tertiary/aromatic N) is 1. The lowest BCUT2D eigenvalue weighted by atomic mass is 9.84. The van der Waals surface area contributed by atoms with Crippen LogP contribution in [-0.2, 0) is 0 Å². The average molecular weight is 578 g/mol. The smallest absolute Gasteiger partial charge is 0.135 e. The van der Waals surface area contributed by atoms with Crippen LogP contribution in [-0.4, -0.2) is 5.60 Å². The van der Waals surface area contributed by atoms with E-state index in [4.69, 9.17) is 4.74 Å². The van der Waals surface area contributed by atoms with Gasteiger partial charge in [0.2, 0.25) is 0 Å². The summed E-state index contributed by atoms with van der Waals surface area (Å²) >= 11 is 0. The number of hydrogen-bond donors (Lipinski definition) is 0. The highest BCUT2D eigenvalue weighted by Gasteiger charge is 2.41. The van der Waals surface area contributed by atoms with Crippen molar-refractivity contribution in [3.8, 4) is 16.9 Å². The fourth-order valence-electron chi connectivity index (χ4n) is 7.32. The first-order valence-electron chi connectivity index (χ1n) is 15.7. The molecule has 1 atom stereocenters. The van der Waals surface area contributed by atoms with E-state index in [9.17, 15) is 0 Å². The van der Waals surface area contributed by atoms with E-state index in [0.717, 1.165) is 29.2 Å². The Morgan fingerprint density at radius 1 is 0.533 bits per heavy atom. The standard InChI is InChI=1S/C43H31NO/c1-43-26-25-33(28-41(43)39-17-9-10-18-42(39)45-43)44(31-21-19-30(20-22-31)29-11-3-2-4-12-29)32-23-24-38-36-15-6-5-13-34(36)35-14-7-8-16-37(35)40(38)27-32/h2-25,27-28H,26H2,1H3/t43-/m0/s1. The molecule has 0 saturated carbocycles. The van der Waals surface area contributed by atoms with E-state index in [1.54, 1.807) is 0 Å². The van der Waals surface area contributed by atoms with Crippen molar-refractivity contribution in [3.05, 3.63) is 169 Å². The van der Waals surface area contributed by atoms with Gasteiger partial charge in [-0.2, -0.15) is 0 Å². The van der Waals surface area contributed by atoms with E-state index in [-0.39, 0.29) is 5.60 Å². The van der Waals surface area contributed by atoms with Crippen molar-refractivity contribution in [2.24, 2.45) is 0 Å². The third kappa shape index (κ3) is 4.10. The molecule has 2 heteroatoms. The van der Waals surface area contributed by atoms with E-state index in [2.05, 4.69) is 170 Å². The van der Waals surface area contributed by atoms with E-state index < -0.39 is 0 Å². The zero-order valence-corrected chi connectivity index (χ0v) is 25.1. The van der Waals surface area contributed by atoms with Gasteiger partial charge in [0.1, 0.15) is 11.4 Å². The van der Waals surface area contributed by atoms with Gasteiger partial charge >= 0.3 is 0 Å². The molecule has 0 amide bonds. The number of fused-ring (bicyclic) bond motifs is 9. The number of anilines is 2. The van der Waals surface area contributed by atoms with Crippen LogP contribution in [0.15, 0.2) is 163 Å². The summed E-state index contributed by atoms with van der Waals surface area (Å²) in [5.74, 6) is 0.962. The number of rotatable bonds is 4. The van der Waals surface area contributed by atoms with Crippen LogP contribution in [0.25, 0.3) is 49.0 Å². The van der Waals surface area contributed by atoms with Gasteiger partial charge in [-0.1, -0.05) is 121 Å². The van der Waals surface area contributed by atoms with Crippen LogP contribution in [0.5, 0.6) is 5.75 Å². The summed E-state index contributed by atoms with van der Waals surface area (Å²) < 4.78 is 6.52. The molecule has 2 aliphatic rings. The molecule has 0 radical (unpaired) electrons. The Balaban J connectivity index is 1.25. The molecule has 7 aromatic rings. The van der Waals surface area contributed by atoms with Crippen LogP contribution in [0.3, 0.4) is 0 Å². The second kappa shape index (κ2) is 9.97. The maximum atomic E-state index is 6.52. The van der Waals surface area contributed by atoms with E-state index in [1.807, 2.05) is 0 Å². The molecule has 0 fully saturated rings. The van der Waals surface area contributed by atoms with Crippen LogP contribution in [0.4, 0.5) is 11.4 Å². The minimum Gasteiger partial charge on any atom is -0.482 e. The fourth-order valence-corrected chi connectivity index (χ4v) is 7.32. The van der Waals surface area contributed by atoms with E-state index >= 15 is 0 Å². The van der Waals surface area contributed by atoms with Gasteiger partial charge in [-0.15, -0.1) is 0 Å². The number of allylic oxidation sites excluding steroid dienone is 1. The lowest BCUT2D eigenvalue weighted by Crippen LogP contribution is -2.32. The monoisotopic (exact) mass is 577 g/mol. The number of hydrogen-bond acceptors (Lipinski definition) is 2. The number of benzene rings is 7. The Morgan fingerprint density at radius 3 is 1.80 bits per heavy atom. The SMILES string of the molecule is C[C@]12CC=C(N(c3ccc(-c4ccccc4)cc3)c3ccc4c5ccccc5c5ccccc5c4c3)C=C1c1ccccc1O2. The summed E-state index contributed by atoms with van der Waals surface area (Å²) in [5, 5.41) is 7.66. The van der Waals surface area contributed by atoms with Gasteiger partial charge in [-0.25, -0.2) is 0 Å². The topological polar surface area (TPSA) is 12.5 Å². The summed E-state index contributed by atoms with van der Waals surface area (Å²) in [7, 11) is 0. The zero-order valence-electron chi connectivity index (χ0n) is 25.1. The van der Waals surface area contributed by atoms with Crippen LogP contribution in [0, 0.1) is 0 Å². The molecule has 7 aromatic carbocycles. The molecule has 9 rings (SSSR count). The third-order valence-electron chi connectivity index (χ3n) is 9.55. The van der Waals surface area contributed by atoms with Gasteiger partial charge in [-0.05, 0) is 86.8 Å². The Hall–Kier alpha value is -5.60. The lowest BCUT2D eigenvalue weighted by molar-refractivity contribution is 0.169. The van der Waals surface area contributed by atoms with Crippen molar-refractivity contribution < 1.29 is 4.74 Å². The molecule has 0 bridgehead atoms. The molecule has 1 aliphatic carbocycles. The van der Waals surface area contributed by atoms with Crippen molar-refractivity contribution in [3.63, 3.8) is 0 Å². The highest BCUT2D eigenvalue weighted by Crippen LogP contribution is 2.50. The van der Waals surface area contributed by atoms with Gasteiger partial charge in [-0.3, -0.25) is 0 Å². The summed E-state index contributed by atoms with van der Waals surface area (Å²) in [6.07, 6.45) is 5.47. The predicted octanol–water partition coefficient (Wildman–Crippen LogP) is 11.5. The molecule has 214 valence electrons. The summed E-state index contributed by atoms with van der Waals surface area (Å²) in [6.45, 7) is 2.21. The Kier molecular flexibility index (Phi) is 5.73. The van der Waals surface area contributed by atoms with E-state index in [1.165, 1.54) is 54.6 Å². The summed E-state index contributed by atoms with van der Waals surface area (Å²) in [5.41, 5.74) is 7.88. The van der Waals surface area contributed by atoms with Gasteiger partial charge in [0.25, 0.3) is 0 Å². The maximum absolute atomic E-state index is 6.52. The molecule has 0 unspecified atom stereocenters. The summed E-state index contributed by atoms with van der Waals surface area (Å²) in [4.78, 5) is 2.41. The third-order valence-corrected chi connectivity index (χ3v) is 9.55. The normalized spacial score (nSPS) is 17.0. The number of ether oxygens (including phenoxy) is 1. The highest BCUT2D eigenvalue weighted by atomic mass is 16.5. The largest absolute Gasteiger partial charge is 0.482 e. The molecule has 1 aliphatic heterocycles. The molecule has 1 heterocycles. The second-order valence-electron chi connectivity index (χ2n) is 12.3. The van der Waals surface area contributed by atoms with Crippen LogP contribution in [0.1, 0.15) is 18.9 Å². The highest BCUT2D eigenvalue weighted by molar-refractivity contribution is 6.25. The second-order valence-corrected chi connectivity index (χ2v) is 12.3. The average Bonchev–Trinajstić information content (AvgIpc) is 3.41. The first-order valence-corrected chi connectivity index (χ1v) is 15.7. The van der Waals surface area contributed by atoms with Gasteiger partial charge in [0.15, 0.2) is 0 Å². The Labute approximate surface area is 263 Å². The van der Waals surface area contributed by atoms with Crippen LogP contribution >= 0.6 is 0 Å². The molecule has 0 N–H and O–H groups in total. The van der Waals surface area contributed by atoms with Gasteiger partial charge in [0, 0.05) is 34.6 Å². The maximum Gasteiger partial charge on any atom is 0.135 e. The minimum absolute atomic E-state index is 0.367. The van der Waals surface area contributed by atoms with Crippen LogP contribution < -0.4 is 9.64 Å². The summed E-state index contributed by atoms with van der Waals surface area (Å²) in [6, 6.07) is 52.5. The molecule has 0 aromatic heterocycles. The van der Waals surface area contributed by atoms with Crippen molar-refractivity contribution >= 4 is 49.3 Å². The Bertz CT molecular complexity index is 2300.